The van der Waals surface area contributed by atoms with E-state index >= 15 is 0 Å². The van der Waals surface area contributed by atoms with Crippen LogP contribution in [-0.4, -0.2) is 56.4 Å². The zero-order valence-electron chi connectivity index (χ0n) is 5.91. The van der Waals surface area contributed by atoms with Gasteiger partial charge in [-0.15, -0.1) is 0 Å². The van der Waals surface area contributed by atoms with Crippen LogP contribution in [0.2, 0.25) is 0 Å². The van der Waals surface area contributed by atoms with Crippen LogP contribution in [0, 0.1) is 0 Å². The molecule has 1 rings (SSSR count). The predicted octanol–water partition coefficient (Wildman–Crippen LogP) is -3.42. The van der Waals surface area contributed by atoms with E-state index < -0.39 is 36.0 Å². The van der Waals surface area contributed by atoms with Crippen LogP contribution >= 0.6 is 0 Å². The van der Waals surface area contributed by atoms with Crippen LogP contribution in [0.25, 0.3) is 0 Å². The molecule has 1 aliphatic carbocycles. The van der Waals surface area contributed by atoms with E-state index in [9.17, 15) is 9.59 Å². The standard InChI is InChI=1S/C6H8O6/c7-1-2(8)4(10)6(12)5(11)3(1)9/h1-3,6-9,12H. The summed E-state index contributed by atoms with van der Waals surface area (Å²) in [5, 5.41) is 35.3. The normalized spacial score (nSPS) is 43.3. The van der Waals surface area contributed by atoms with Gasteiger partial charge in [-0.3, -0.25) is 9.59 Å². The second kappa shape index (κ2) is 2.91. The third-order valence-electron chi connectivity index (χ3n) is 1.77. The Hall–Kier alpha value is -0.820. The minimum absolute atomic E-state index is 1.18. The third kappa shape index (κ3) is 1.14. The number of hydrogen-bond donors (Lipinski definition) is 4. The van der Waals surface area contributed by atoms with Crippen LogP contribution < -0.4 is 0 Å². The van der Waals surface area contributed by atoms with E-state index in [1.54, 1.807) is 0 Å². The van der Waals surface area contributed by atoms with E-state index in [1.807, 2.05) is 0 Å². The van der Waals surface area contributed by atoms with E-state index in [4.69, 9.17) is 20.4 Å². The van der Waals surface area contributed by atoms with Crippen LogP contribution in [0.1, 0.15) is 0 Å². The van der Waals surface area contributed by atoms with Gasteiger partial charge in [-0.25, -0.2) is 0 Å². The Balaban J connectivity index is 2.91. The van der Waals surface area contributed by atoms with Crippen molar-refractivity contribution < 1.29 is 30.0 Å². The number of Topliss-reactive ketones (excluding diaryl/α,β-unsaturated/α-hetero) is 2. The maximum absolute atomic E-state index is 10.7. The number of ketones is 2. The van der Waals surface area contributed by atoms with Gasteiger partial charge in [-0.1, -0.05) is 0 Å². The molecule has 12 heavy (non-hydrogen) atoms. The van der Waals surface area contributed by atoms with Crippen LogP contribution in [0.15, 0.2) is 0 Å². The summed E-state index contributed by atoms with van der Waals surface area (Å²) in [5.74, 6) is -2.37. The van der Waals surface area contributed by atoms with Crippen molar-refractivity contribution in [2.24, 2.45) is 0 Å². The highest BCUT2D eigenvalue weighted by molar-refractivity contribution is 6.11. The van der Waals surface area contributed by atoms with Crippen molar-refractivity contribution in [1.82, 2.24) is 0 Å². The monoisotopic (exact) mass is 176 g/mol. The number of rotatable bonds is 0. The summed E-state index contributed by atoms with van der Waals surface area (Å²) in [6.45, 7) is 0. The van der Waals surface area contributed by atoms with Crippen LogP contribution in [0.3, 0.4) is 0 Å². The molecule has 0 bridgehead atoms. The first-order valence-electron chi connectivity index (χ1n) is 3.26. The van der Waals surface area contributed by atoms with Crippen molar-refractivity contribution in [3.05, 3.63) is 0 Å². The Morgan fingerprint density at radius 3 is 1.50 bits per heavy atom. The van der Waals surface area contributed by atoms with E-state index in [1.165, 1.54) is 0 Å². The molecule has 0 heterocycles. The van der Waals surface area contributed by atoms with Crippen LogP contribution in [-0.2, 0) is 9.59 Å². The SMILES string of the molecule is O=C1C(O)C(=O)C(O)C(O)C1O. The van der Waals surface area contributed by atoms with Crippen molar-refractivity contribution in [3.63, 3.8) is 0 Å². The fraction of sp³-hybridized carbons (Fsp3) is 0.667. The van der Waals surface area contributed by atoms with Gasteiger partial charge >= 0.3 is 0 Å². The summed E-state index contributed by atoms with van der Waals surface area (Å²) in [5.41, 5.74) is 0. The largest absolute Gasteiger partial charge is 0.387 e. The zero-order chi connectivity index (χ0) is 9.46. The predicted molar refractivity (Wildman–Crippen MR) is 34.0 cm³/mol. The highest BCUT2D eigenvalue weighted by atomic mass is 16.4. The number of carbonyl (C=O) groups is 2. The van der Waals surface area contributed by atoms with E-state index in [2.05, 4.69) is 0 Å². The Morgan fingerprint density at radius 1 is 0.833 bits per heavy atom. The van der Waals surface area contributed by atoms with Crippen LogP contribution in [0.5, 0.6) is 0 Å². The molecule has 2 atom stereocenters. The lowest BCUT2D eigenvalue weighted by Crippen LogP contribution is -2.59. The van der Waals surface area contributed by atoms with Gasteiger partial charge in [-0.05, 0) is 0 Å². The first-order chi connectivity index (χ1) is 5.46. The summed E-state index contributed by atoms with van der Waals surface area (Å²) in [6.07, 6.45) is -7.66. The van der Waals surface area contributed by atoms with Gasteiger partial charge in [0.25, 0.3) is 0 Å². The maximum Gasteiger partial charge on any atom is 0.200 e. The number of aliphatic hydroxyl groups is 4. The van der Waals surface area contributed by atoms with Crippen molar-refractivity contribution in [1.29, 1.82) is 0 Å². The Bertz CT molecular complexity index is 202. The van der Waals surface area contributed by atoms with Gasteiger partial charge < -0.3 is 20.4 Å². The minimum atomic E-state index is -2.03. The summed E-state index contributed by atoms with van der Waals surface area (Å²) < 4.78 is 0. The molecule has 1 aliphatic rings. The quantitative estimate of drug-likeness (QED) is 0.286. The fourth-order valence-electron chi connectivity index (χ4n) is 0.973. The number of aliphatic hydroxyl groups excluding tert-OH is 4. The smallest absolute Gasteiger partial charge is 0.200 e. The van der Waals surface area contributed by atoms with Gasteiger partial charge in [-0.2, -0.15) is 0 Å². The molecule has 2 unspecified atom stereocenters. The molecule has 0 radical (unpaired) electrons. The van der Waals surface area contributed by atoms with E-state index in [0.29, 0.717) is 0 Å². The van der Waals surface area contributed by atoms with Crippen molar-refractivity contribution in [3.8, 4) is 0 Å². The van der Waals surface area contributed by atoms with Gasteiger partial charge in [0, 0.05) is 0 Å². The summed E-state index contributed by atoms with van der Waals surface area (Å²) in [4.78, 5) is 21.4. The van der Waals surface area contributed by atoms with Crippen molar-refractivity contribution in [2.75, 3.05) is 0 Å². The zero-order valence-corrected chi connectivity index (χ0v) is 5.91. The number of hydrogen-bond acceptors (Lipinski definition) is 6. The lowest BCUT2D eigenvalue weighted by atomic mass is 9.88. The summed E-state index contributed by atoms with van der Waals surface area (Å²) in [7, 11) is 0. The second-order valence-electron chi connectivity index (χ2n) is 2.59. The van der Waals surface area contributed by atoms with Crippen molar-refractivity contribution >= 4 is 11.6 Å². The van der Waals surface area contributed by atoms with E-state index in [-0.39, 0.29) is 0 Å². The lowest BCUT2D eigenvalue weighted by Gasteiger charge is -2.28. The average Bonchev–Trinajstić information content (AvgIpc) is 2.08. The molecule has 0 aliphatic heterocycles. The molecule has 0 spiro atoms. The molecular formula is C6H8O6. The molecule has 0 aromatic rings. The average molecular weight is 176 g/mol. The number of carbonyl (C=O) groups excluding carboxylic acids is 2. The molecule has 0 amide bonds. The molecule has 6 heteroatoms. The van der Waals surface area contributed by atoms with Gasteiger partial charge in [0.2, 0.25) is 0 Å². The van der Waals surface area contributed by atoms with Gasteiger partial charge in [0.05, 0.1) is 0 Å². The van der Waals surface area contributed by atoms with Gasteiger partial charge in [0.15, 0.2) is 17.7 Å². The molecule has 0 aromatic carbocycles. The van der Waals surface area contributed by atoms with E-state index in [0.717, 1.165) is 0 Å². The first kappa shape index (κ1) is 9.27. The summed E-state index contributed by atoms with van der Waals surface area (Å²) >= 11 is 0. The van der Waals surface area contributed by atoms with Crippen molar-refractivity contribution in [2.45, 2.75) is 24.4 Å². The Labute approximate surface area is 67.1 Å². The molecule has 68 valence electrons. The highest BCUT2D eigenvalue weighted by Gasteiger charge is 2.47. The first-order valence-corrected chi connectivity index (χ1v) is 3.26. The van der Waals surface area contributed by atoms with Crippen LogP contribution in [0.4, 0.5) is 0 Å². The fourth-order valence-corrected chi connectivity index (χ4v) is 0.973. The molecule has 4 N–H and O–H groups in total. The maximum atomic E-state index is 10.7. The highest BCUT2D eigenvalue weighted by Crippen LogP contribution is 2.13. The lowest BCUT2D eigenvalue weighted by molar-refractivity contribution is -0.170. The molecule has 0 aromatic heterocycles. The minimum Gasteiger partial charge on any atom is -0.387 e. The molecule has 6 nitrogen and oxygen atoms in total. The topological polar surface area (TPSA) is 115 Å². The Morgan fingerprint density at radius 2 is 1.17 bits per heavy atom. The van der Waals surface area contributed by atoms with Gasteiger partial charge in [0.1, 0.15) is 18.3 Å². The Kier molecular flexibility index (Phi) is 2.25. The molecule has 1 fully saturated rings. The molecule has 0 saturated heterocycles. The third-order valence-corrected chi connectivity index (χ3v) is 1.77. The second-order valence-corrected chi connectivity index (χ2v) is 2.59. The molecular weight excluding hydrogens is 168 g/mol. The molecule has 1 saturated carbocycles. The summed E-state index contributed by atoms with van der Waals surface area (Å²) in [6, 6.07) is 0.